The van der Waals surface area contributed by atoms with Crippen LogP contribution < -0.4 is 10.2 Å². The Morgan fingerprint density at radius 1 is 1.39 bits per heavy atom. The monoisotopic (exact) mass is 393 g/mol. The number of nitrogens with zero attached hydrogens (tertiary/aromatic N) is 5. The molecule has 1 amide bonds. The fraction of sp³-hybridized carbons (Fsp3) is 0.471. The summed E-state index contributed by atoms with van der Waals surface area (Å²) in [6.07, 6.45) is -1.59. The smallest absolute Gasteiger partial charge is 0.355 e. The Morgan fingerprint density at radius 2 is 2.21 bits per heavy atom. The summed E-state index contributed by atoms with van der Waals surface area (Å²) < 4.78 is 37.2. The number of aryl methyl sites for hydroxylation is 1. The van der Waals surface area contributed by atoms with Crippen LogP contribution in [0.15, 0.2) is 12.3 Å². The van der Waals surface area contributed by atoms with Crippen molar-refractivity contribution < 1.29 is 18.0 Å². The zero-order chi connectivity index (χ0) is 19.9. The highest BCUT2D eigenvalue weighted by molar-refractivity contribution is 6.07. The molecule has 1 unspecified atom stereocenters. The van der Waals surface area contributed by atoms with Crippen LogP contribution >= 0.6 is 0 Å². The van der Waals surface area contributed by atoms with E-state index >= 15 is 0 Å². The van der Waals surface area contributed by atoms with Crippen LogP contribution in [-0.2, 0) is 4.79 Å². The SMILES string of the molecule is Cc1nc(N2CCCC(C(=O)NCC(F)(F)F)C2)c2c(nnc3nccc32)[nH]1. The van der Waals surface area contributed by atoms with Crippen LogP contribution in [0.3, 0.4) is 0 Å². The number of piperidine rings is 1. The molecule has 0 spiro atoms. The maximum atomic E-state index is 12.4. The van der Waals surface area contributed by atoms with Crippen LogP contribution in [0.25, 0.3) is 22.1 Å². The zero-order valence-corrected chi connectivity index (χ0v) is 15.0. The number of anilines is 1. The first-order valence-electron chi connectivity index (χ1n) is 8.89. The predicted molar refractivity (Wildman–Crippen MR) is 95.7 cm³/mol. The van der Waals surface area contributed by atoms with Gasteiger partial charge in [0.25, 0.3) is 0 Å². The summed E-state index contributed by atoms with van der Waals surface area (Å²) in [7, 11) is 0. The summed E-state index contributed by atoms with van der Waals surface area (Å²) in [5, 5.41) is 11.8. The molecule has 28 heavy (non-hydrogen) atoms. The van der Waals surface area contributed by atoms with Gasteiger partial charge in [-0.25, -0.2) is 9.97 Å². The molecule has 1 aliphatic heterocycles. The van der Waals surface area contributed by atoms with Gasteiger partial charge >= 0.3 is 6.18 Å². The summed E-state index contributed by atoms with van der Waals surface area (Å²) >= 11 is 0. The van der Waals surface area contributed by atoms with E-state index in [0.29, 0.717) is 42.3 Å². The number of halogens is 3. The topological polar surface area (TPSA) is 99.7 Å². The van der Waals surface area contributed by atoms with Crippen LogP contribution in [0.4, 0.5) is 19.0 Å². The average molecular weight is 393 g/mol. The molecule has 0 aromatic carbocycles. The van der Waals surface area contributed by atoms with E-state index in [9.17, 15) is 18.0 Å². The highest BCUT2D eigenvalue weighted by atomic mass is 19.4. The number of carbonyl (C=O) groups is 1. The fourth-order valence-electron chi connectivity index (χ4n) is 3.55. The lowest BCUT2D eigenvalue weighted by Crippen LogP contribution is -2.45. The highest BCUT2D eigenvalue weighted by Crippen LogP contribution is 2.31. The number of aromatic nitrogens is 5. The predicted octanol–water partition coefficient (Wildman–Crippen LogP) is 2.10. The third-order valence-electron chi connectivity index (χ3n) is 4.78. The van der Waals surface area contributed by atoms with Crippen molar-refractivity contribution in [1.29, 1.82) is 0 Å². The van der Waals surface area contributed by atoms with Crippen molar-refractivity contribution in [1.82, 2.24) is 30.5 Å². The second-order valence-corrected chi connectivity index (χ2v) is 6.87. The third-order valence-corrected chi connectivity index (χ3v) is 4.78. The van der Waals surface area contributed by atoms with Gasteiger partial charge in [-0.2, -0.15) is 13.2 Å². The molecule has 0 aliphatic carbocycles. The van der Waals surface area contributed by atoms with Crippen molar-refractivity contribution in [2.75, 3.05) is 24.5 Å². The van der Waals surface area contributed by atoms with Crippen LogP contribution in [0.2, 0.25) is 0 Å². The Kier molecular flexibility index (Phi) is 4.52. The molecule has 1 atom stereocenters. The minimum absolute atomic E-state index is 0.285. The second-order valence-electron chi connectivity index (χ2n) is 6.87. The van der Waals surface area contributed by atoms with Crippen LogP contribution in [0.1, 0.15) is 18.7 Å². The molecule has 4 rings (SSSR count). The Hall–Kier alpha value is -2.98. The number of alkyl halides is 3. The van der Waals surface area contributed by atoms with Gasteiger partial charge in [0, 0.05) is 24.7 Å². The molecule has 1 saturated heterocycles. The lowest BCUT2D eigenvalue weighted by Gasteiger charge is -2.33. The summed E-state index contributed by atoms with van der Waals surface area (Å²) in [6, 6.07) is 1.82. The van der Waals surface area contributed by atoms with Gasteiger partial charge in [-0.3, -0.25) is 4.79 Å². The molecule has 0 saturated carbocycles. The maximum absolute atomic E-state index is 12.4. The third kappa shape index (κ3) is 3.56. The molecule has 8 nitrogen and oxygen atoms in total. The van der Waals surface area contributed by atoms with Crippen molar-refractivity contribution >= 4 is 33.8 Å². The van der Waals surface area contributed by atoms with Gasteiger partial charge in [0.2, 0.25) is 5.91 Å². The summed E-state index contributed by atoms with van der Waals surface area (Å²) in [5.74, 6) is 0.123. The number of carbonyl (C=O) groups excluding carboxylic acids is 1. The van der Waals surface area contributed by atoms with Crippen molar-refractivity contribution in [3.63, 3.8) is 0 Å². The normalized spacial score (nSPS) is 18.0. The first-order chi connectivity index (χ1) is 13.3. The first kappa shape index (κ1) is 18.4. The van der Waals surface area contributed by atoms with Crippen molar-refractivity contribution in [3.05, 3.63) is 18.1 Å². The van der Waals surface area contributed by atoms with Gasteiger partial charge in [0.1, 0.15) is 18.2 Å². The summed E-state index contributed by atoms with van der Waals surface area (Å²) in [6.45, 7) is 1.40. The lowest BCUT2D eigenvalue weighted by molar-refractivity contribution is -0.140. The van der Waals surface area contributed by atoms with Crippen molar-refractivity contribution in [2.24, 2.45) is 5.92 Å². The maximum Gasteiger partial charge on any atom is 0.405 e. The summed E-state index contributed by atoms with van der Waals surface area (Å²) in [5.41, 5.74) is 1.04. The molecule has 1 aliphatic rings. The summed E-state index contributed by atoms with van der Waals surface area (Å²) in [4.78, 5) is 26.0. The first-order valence-corrected chi connectivity index (χ1v) is 8.89. The molecule has 1 fully saturated rings. The van der Waals surface area contributed by atoms with E-state index in [1.165, 1.54) is 0 Å². The standard InChI is InChI=1S/C17H18F3N7O/c1-9-23-14-12(11-4-5-21-13(11)25-26-14)15(24-9)27-6-2-3-10(7-27)16(28)22-8-17(18,19)20/h4-5,10H,2-3,6-8H2,1H3,(H,22,28)(H,23,24,26). The Balaban J connectivity index is 1.66. The minimum atomic E-state index is -4.43. The molecule has 0 radical (unpaired) electrons. The van der Waals surface area contributed by atoms with Gasteiger partial charge in [0.15, 0.2) is 11.3 Å². The van der Waals surface area contributed by atoms with Gasteiger partial charge in [-0.05, 0) is 25.8 Å². The second kappa shape index (κ2) is 6.88. The quantitative estimate of drug-likeness (QED) is 0.707. The zero-order valence-electron chi connectivity index (χ0n) is 15.0. The van der Waals surface area contributed by atoms with E-state index in [0.717, 1.165) is 10.8 Å². The lowest BCUT2D eigenvalue weighted by atomic mass is 9.96. The van der Waals surface area contributed by atoms with E-state index in [1.807, 2.05) is 16.3 Å². The molecule has 2 N–H and O–H groups in total. The number of aromatic amines is 1. The van der Waals surface area contributed by atoms with E-state index in [4.69, 9.17) is 0 Å². The molecule has 3 aromatic rings. The average Bonchev–Trinajstić information content (AvgIpc) is 3.13. The minimum Gasteiger partial charge on any atom is -0.355 e. The number of H-pyrrole nitrogens is 1. The number of amides is 1. The van der Waals surface area contributed by atoms with Crippen LogP contribution in [-0.4, -0.2) is 56.9 Å². The van der Waals surface area contributed by atoms with Crippen molar-refractivity contribution in [2.45, 2.75) is 25.9 Å². The molecular formula is C17H18F3N7O. The van der Waals surface area contributed by atoms with Crippen LogP contribution in [0, 0.1) is 12.8 Å². The number of nitrogens with one attached hydrogen (secondary N) is 2. The van der Waals surface area contributed by atoms with Gasteiger partial charge in [-0.15, -0.1) is 10.2 Å². The number of rotatable bonds is 3. The molecule has 148 valence electrons. The van der Waals surface area contributed by atoms with Gasteiger partial charge in [-0.1, -0.05) is 0 Å². The van der Waals surface area contributed by atoms with Gasteiger partial charge < -0.3 is 15.2 Å². The number of hydrogen-bond donors (Lipinski definition) is 2. The van der Waals surface area contributed by atoms with Crippen LogP contribution in [0.5, 0.6) is 0 Å². The van der Waals surface area contributed by atoms with Gasteiger partial charge in [0.05, 0.1) is 11.3 Å². The Bertz CT molecular complexity index is 1030. The highest BCUT2D eigenvalue weighted by Gasteiger charge is 2.32. The molecular weight excluding hydrogens is 375 g/mol. The molecule has 11 heteroatoms. The van der Waals surface area contributed by atoms with Crippen molar-refractivity contribution in [3.8, 4) is 0 Å². The Labute approximate surface area is 157 Å². The largest absolute Gasteiger partial charge is 0.405 e. The molecule has 3 aromatic heterocycles. The number of fused-ring (bicyclic) bond motifs is 3. The van der Waals surface area contributed by atoms with E-state index in [1.54, 1.807) is 13.1 Å². The Morgan fingerprint density at radius 3 is 3.00 bits per heavy atom. The molecule has 4 heterocycles. The van der Waals surface area contributed by atoms with E-state index in [2.05, 4.69) is 25.1 Å². The molecule has 0 bridgehead atoms. The number of hydrogen-bond acceptors (Lipinski definition) is 6. The fourth-order valence-corrected chi connectivity index (χ4v) is 3.55. The van der Waals surface area contributed by atoms with E-state index in [-0.39, 0.29) is 6.54 Å². The van der Waals surface area contributed by atoms with E-state index < -0.39 is 24.5 Å².